The molecule has 0 radical (unpaired) electrons. The monoisotopic (exact) mass is 462 g/mol. The molecule has 2 amide bonds. The van der Waals surface area contributed by atoms with Crippen LogP contribution in [-0.2, 0) is 20.4 Å². The van der Waals surface area contributed by atoms with Crippen molar-refractivity contribution in [1.29, 1.82) is 0 Å². The molecule has 2 N–H and O–H groups in total. The second-order valence-electron chi connectivity index (χ2n) is 6.54. The largest absolute Gasteiger partial charge is 0.483 e. The molecule has 0 aliphatic heterocycles. The lowest BCUT2D eigenvalue weighted by atomic mass is 10.2. The van der Waals surface area contributed by atoms with Crippen molar-refractivity contribution in [2.24, 2.45) is 0 Å². The lowest BCUT2D eigenvalue weighted by molar-refractivity contribution is -0.123. The second-order valence-corrected chi connectivity index (χ2v) is 8.96. The van der Waals surface area contributed by atoms with Crippen LogP contribution in [0.3, 0.4) is 0 Å². The maximum absolute atomic E-state index is 12.4. The van der Waals surface area contributed by atoms with Gasteiger partial charge in [-0.05, 0) is 55.0 Å². The molecule has 0 aliphatic rings. The predicted molar refractivity (Wildman–Crippen MR) is 113 cm³/mol. The van der Waals surface area contributed by atoms with Gasteiger partial charge in [0.25, 0.3) is 5.91 Å². The number of furan rings is 1. The summed E-state index contributed by atoms with van der Waals surface area (Å²) in [5, 5.41) is 0.552. The predicted octanol–water partition coefficient (Wildman–Crippen LogP) is 3.06. The standard InChI is InChI=1S/C21H19ClN2O6S/c1-14-11-15(22)7-9-18(14)29-12-20(25)23-24-21(26)19-10-8-16(30-19)13-31(27,28)17-5-3-2-4-6-17/h2-11H,12-13H2,1H3,(H,23,25)(H,24,26). The molecule has 31 heavy (non-hydrogen) atoms. The maximum Gasteiger partial charge on any atom is 0.305 e. The van der Waals surface area contributed by atoms with Gasteiger partial charge in [0, 0.05) is 5.02 Å². The third-order valence-corrected chi connectivity index (χ3v) is 6.02. The molecule has 1 aromatic heterocycles. The fourth-order valence-corrected chi connectivity index (χ4v) is 4.11. The van der Waals surface area contributed by atoms with E-state index in [-0.39, 0.29) is 23.0 Å². The van der Waals surface area contributed by atoms with Gasteiger partial charge in [-0.3, -0.25) is 20.4 Å². The lowest BCUT2D eigenvalue weighted by Crippen LogP contribution is -2.43. The first-order chi connectivity index (χ1) is 14.7. The molecule has 0 unspecified atom stereocenters. The van der Waals surface area contributed by atoms with Gasteiger partial charge in [0.05, 0.1) is 4.90 Å². The lowest BCUT2D eigenvalue weighted by Gasteiger charge is -2.10. The number of sulfone groups is 1. The molecular weight excluding hydrogens is 444 g/mol. The van der Waals surface area contributed by atoms with E-state index in [1.165, 1.54) is 24.3 Å². The second kappa shape index (κ2) is 9.67. The normalized spacial score (nSPS) is 11.0. The number of hydrazine groups is 1. The molecular formula is C21H19ClN2O6S. The summed E-state index contributed by atoms with van der Waals surface area (Å²) >= 11 is 5.87. The fourth-order valence-electron chi connectivity index (χ4n) is 2.62. The Kier molecular flexibility index (Phi) is 6.98. The minimum absolute atomic E-state index is 0.0990. The number of hydrogen-bond donors (Lipinski definition) is 2. The molecule has 8 nitrogen and oxygen atoms in total. The van der Waals surface area contributed by atoms with Gasteiger partial charge >= 0.3 is 5.91 Å². The van der Waals surface area contributed by atoms with Crippen LogP contribution in [0.2, 0.25) is 5.02 Å². The average molecular weight is 463 g/mol. The Labute approximate surface area is 184 Å². The van der Waals surface area contributed by atoms with Gasteiger partial charge in [-0.15, -0.1) is 0 Å². The first-order valence-electron chi connectivity index (χ1n) is 9.09. The van der Waals surface area contributed by atoms with E-state index in [9.17, 15) is 18.0 Å². The van der Waals surface area contributed by atoms with Crippen LogP contribution in [-0.4, -0.2) is 26.8 Å². The number of carbonyl (C=O) groups excluding carboxylic acids is 2. The van der Waals surface area contributed by atoms with Crippen molar-refractivity contribution < 1.29 is 27.2 Å². The third-order valence-electron chi connectivity index (χ3n) is 4.13. The summed E-state index contributed by atoms with van der Waals surface area (Å²) in [6.07, 6.45) is 0. The number of ether oxygens (including phenoxy) is 1. The quantitative estimate of drug-likeness (QED) is 0.521. The van der Waals surface area contributed by atoms with Crippen LogP contribution in [0, 0.1) is 6.92 Å². The summed E-state index contributed by atoms with van der Waals surface area (Å²) in [4.78, 5) is 24.2. The highest BCUT2D eigenvalue weighted by molar-refractivity contribution is 7.90. The first kappa shape index (κ1) is 22.4. The van der Waals surface area contributed by atoms with Crippen LogP contribution < -0.4 is 15.6 Å². The summed E-state index contributed by atoms with van der Waals surface area (Å²) in [6, 6.07) is 15.6. The zero-order valence-corrected chi connectivity index (χ0v) is 18.0. The zero-order chi connectivity index (χ0) is 22.4. The van der Waals surface area contributed by atoms with Crippen LogP contribution in [0.5, 0.6) is 5.75 Å². The SMILES string of the molecule is Cc1cc(Cl)ccc1OCC(=O)NNC(=O)c1ccc(CS(=O)(=O)c2ccccc2)o1. The molecule has 0 aliphatic carbocycles. The Bertz CT molecular complexity index is 1190. The van der Waals surface area contributed by atoms with E-state index in [2.05, 4.69) is 10.9 Å². The number of aryl methyl sites for hydroxylation is 1. The summed E-state index contributed by atoms with van der Waals surface area (Å²) in [5.74, 6) is -1.29. The molecule has 162 valence electrons. The van der Waals surface area contributed by atoms with Gasteiger partial charge in [-0.1, -0.05) is 29.8 Å². The number of amides is 2. The number of benzene rings is 2. The summed E-state index contributed by atoms with van der Waals surface area (Å²) in [6.45, 7) is 1.45. The Hall–Kier alpha value is -3.30. The van der Waals surface area contributed by atoms with Crippen molar-refractivity contribution in [2.75, 3.05) is 6.61 Å². The molecule has 2 aromatic carbocycles. The zero-order valence-electron chi connectivity index (χ0n) is 16.4. The molecule has 1 heterocycles. The maximum atomic E-state index is 12.4. The third kappa shape index (κ3) is 6.09. The molecule has 3 rings (SSSR count). The summed E-state index contributed by atoms with van der Waals surface area (Å²) in [7, 11) is -3.61. The molecule has 0 fully saturated rings. The van der Waals surface area contributed by atoms with Crippen LogP contribution >= 0.6 is 11.6 Å². The highest BCUT2D eigenvalue weighted by Gasteiger charge is 2.19. The molecule has 0 spiro atoms. The molecule has 0 atom stereocenters. The highest BCUT2D eigenvalue weighted by atomic mass is 35.5. The van der Waals surface area contributed by atoms with E-state index < -0.39 is 27.4 Å². The summed E-state index contributed by atoms with van der Waals surface area (Å²) < 4.78 is 35.5. The van der Waals surface area contributed by atoms with E-state index >= 15 is 0 Å². The first-order valence-corrected chi connectivity index (χ1v) is 11.1. The summed E-state index contributed by atoms with van der Waals surface area (Å²) in [5.41, 5.74) is 5.14. The van der Waals surface area contributed by atoms with Crippen molar-refractivity contribution in [3.63, 3.8) is 0 Å². The van der Waals surface area contributed by atoms with Crippen molar-refractivity contribution in [2.45, 2.75) is 17.6 Å². The molecule has 10 heteroatoms. The Morgan fingerprint density at radius 1 is 1.03 bits per heavy atom. The van der Waals surface area contributed by atoms with E-state index in [1.807, 2.05) is 0 Å². The van der Waals surface area contributed by atoms with Crippen LogP contribution in [0.4, 0.5) is 0 Å². The van der Waals surface area contributed by atoms with E-state index in [0.717, 1.165) is 5.56 Å². The van der Waals surface area contributed by atoms with Gasteiger partial charge in [-0.2, -0.15) is 0 Å². The van der Waals surface area contributed by atoms with Gasteiger partial charge in [0.2, 0.25) is 0 Å². The Balaban J connectivity index is 1.51. The van der Waals surface area contributed by atoms with Crippen LogP contribution in [0.25, 0.3) is 0 Å². The van der Waals surface area contributed by atoms with Crippen molar-refractivity contribution in [1.82, 2.24) is 10.9 Å². The van der Waals surface area contributed by atoms with Crippen molar-refractivity contribution in [3.8, 4) is 5.75 Å². The number of rotatable bonds is 7. The smallest absolute Gasteiger partial charge is 0.305 e. The van der Waals surface area contributed by atoms with Crippen LogP contribution in [0.1, 0.15) is 21.9 Å². The minimum Gasteiger partial charge on any atom is -0.483 e. The highest BCUT2D eigenvalue weighted by Crippen LogP contribution is 2.21. The van der Waals surface area contributed by atoms with Gasteiger partial charge in [0.1, 0.15) is 17.3 Å². The number of halogens is 1. The number of nitrogens with one attached hydrogen (secondary N) is 2. The van der Waals surface area contributed by atoms with E-state index in [4.69, 9.17) is 20.8 Å². The Morgan fingerprint density at radius 2 is 1.77 bits per heavy atom. The van der Waals surface area contributed by atoms with Gasteiger partial charge in [-0.25, -0.2) is 8.42 Å². The van der Waals surface area contributed by atoms with Crippen LogP contribution in [0.15, 0.2) is 70.0 Å². The topological polar surface area (TPSA) is 115 Å². The van der Waals surface area contributed by atoms with Gasteiger partial charge in [0.15, 0.2) is 22.2 Å². The van der Waals surface area contributed by atoms with Gasteiger partial charge < -0.3 is 9.15 Å². The molecule has 0 saturated carbocycles. The fraction of sp³-hybridized carbons (Fsp3) is 0.143. The molecule has 0 saturated heterocycles. The molecule has 3 aromatic rings. The van der Waals surface area contributed by atoms with Crippen molar-refractivity contribution >= 4 is 33.3 Å². The minimum atomic E-state index is -3.61. The molecule has 0 bridgehead atoms. The number of carbonyl (C=O) groups is 2. The van der Waals surface area contributed by atoms with E-state index in [0.29, 0.717) is 10.8 Å². The van der Waals surface area contributed by atoms with Crippen molar-refractivity contribution in [3.05, 3.63) is 82.8 Å². The Morgan fingerprint density at radius 3 is 2.48 bits per heavy atom. The number of hydrogen-bond acceptors (Lipinski definition) is 6. The van der Waals surface area contributed by atoms with E-state index in [1.54, 1.807) is 43.3 Å². The average Bonchev–Trinajstić information content (AvgIpc) is 3.20.